The second kappa shape index (κ2) is 6.03. The van der Waals surface area contributed by atoms with Crippen LogP contribution in [0.25, 0.3) is 0 Å². The topological polar surface area (TPSA) is 54.5 Å². The number of sulfone groups is 1. The fourth-order valence-electron chi connectivity index (χ4n) is 3.76. The first-order chi connectivity index (χ1) is 10.5. The lowest BCUT2D eigenvalue weighted by Gasteiger charge is -2.29. The average molecular weight is 321 g/mol. The van der Waals surface area contributed by atoms with Crippen LogP contribution in [0.4, 0.5) is 0 Å². The standard InChI is InChI=1S/C17H23NO3S/c1-13-10-16(14-6-3-2-4-7-14)11-18(13)17(19)15-8-5-9-22(20,21)12-15/h2-4,6-7,13,15-16H,5,8-12H2,1H3. The maximum absolute atomic E-state index is 12.7. The summed E-state index contributed by atoms with van der Waals surface area (Å²) in [6.07, 6.45) is 2.27. The van der Waals surface area contributed by atoms with Crippen LogP contribution in [0.5, 0.6) is 0 Å². The van der Waals surface area contributed by atoms with Crippen molar-refractivity contribution in [3.8, 4) is 0 Å². The Bertz CT molecular complexity index is 641. The number of rotatable bonds is 2. The van der Waals surface area contributed by atoms with E-state index < -0.39 is 9.84 Å². The first-order valence-electron chi connectivity index (χ1n) is 8.02. The van der Waals surface area contributed by atoms with Crippen molar-refractivity contribution in [3.05, 3.63) is 35.9 Å². The Morgan fingerprint density at radius 2 is 1.95 bits per heavy atom. The number of hydrogen-bond acceptors (Lipinski definition) is 3. The van der Waals surface area contributed by atoms with Crippen molar-refractivity contribution in [2.45, 2.75) is 38.1 Å². The molecule has 0 aliphatic carbocycles. The highest BCUT2D eigenvalue weighted by Crippen LogP contribution is 2.33. The minimum atomic E-state index is -3.04. The molecule has 0 spiro atoms. The maximum Gasteiger partial charge on any atom is 0.226 e. The average Bonchev–Trinajstić information content (AvgIpc) is 2.88. The van der Waals surface area contributed by atoms with E-state index in [4.69, 9.17) is 0 Å². The molecule has 1 aromatic rings. The molecule has 1 amide bonds. The molecular weight excluding hydrogens is 298 g/mol. The molecule has 0 aromatic heterocycles. The van der Waals surface area contributed by atoms with Gasteiger partial charge in [-0.2, -0.15) is 0 Å². The Balaban J connectivity index is 1.71. The third kappa shape index (κ3) is 3.19. The Morgan fingerprint density at radius 3 is 2.64 bits per heavy atom. The number of amides is 1. The zero-order valence-electron chi connectivity index (χ0n) is 12.9. The molecule has 2 heterocycles. The summed E-state index contributed by atoms with van der Waals surface area (Å²) in [6.45, 7) is 2.78. The zero-order valence-corrected chi connectivity index (χ0v) is 13.8. The number of benzene rings is 1. The number of nitrogens with zero attached hydrogens (tertiary/aromatic N) is 1. The van der Waals surface area contributed by atoms with Gasteiger partial charge in [0.05, 0.1) is 17.4 Å². The van der Waals surface area contributed by atoms with Crippen LogP contribution in [0.2, 0.25) is 0 Å². The smallest absolute Gasteiger partial charge is 0.226 e. The monoisotopic (exact) mass is 321 g/mol. The van der Waals surface area contributed by atoms with Crippen molar-refractivity contribution >= 4 is 15.7 Å². The van der Waals surface area contributed by atoms with E-state index in [1.54, 1.807) is 0 Å². The molecule has 0 saturated carbocycles. The summed E-state index contributed by atoms with van der Waals surface area (Å²) in [5, 5.41) is 0. The number of carbonyl (C=O) groups is 1. The van der Waals surface area contributed by atoms with Gasteiger partial charge in [-0.15, -0.1) is 0 Å². The van der Waals surface area contributed by atoms with Crippen molar-refractivity contribution in [3.63, 3.8) is 0 Å². The first-order valence-corrected chi connectivity index (χ1v) is 9.84. The van der Waals surface area contributed by atoms with Crippen LogP contribution in [0.1, 0.15) is 37.7 Å². The van der Waals surface area contributed by atoms with Gasteiger partial charge < -0.3 is 4.90 Å². The minimum absolute atomic E-state index is 0.0328. The normalized spacial score (nSPS) is 31.1. The highest BCUT2D eigenvalue weighted by Gasteiger charge is 2.38. The molecular formula is C17H23NO3S. The summed E-state index contributed by atoms with van der Waals surface area (Å²) in [4.78, 5) is 14.6. The second-order valence-corrected chi connectivity index (χ2v) is 8.87. The largest absolute Gasteiger partial charge is 0.339 e. The van der Waals surface area contributed by atoms with Gasteiger partial charge in [0.2, 0.25) is 5.91 Å². The lowest BCUT2D eigenvalue weighted by Crippen LogP contribution is -2.42. The van der Waals surface area contributed by atoms with Crippen LogP contribution < -0.4 is 0 Å². The third-order valence-corrected chi connectivity index (χ3v) is 6.76. The van der Waals surface area contributed by atoms with Crippen LogP contribution in [0.3, 0.4) is 0 Å². The van der Waals surface area contributed by atoms with Gasteiger partial charge in [0, 0.05) is 18.5 Å². The molecule has 0 bridgehead atoms. The number of carbonyl (C=O) groups excluding carboxylic acids is 1. The van der Waals surface area contributed by atoms with Crippen LogP contribution in [0, 0.1) is 5.92 Å². The molecule has 1 aromatic carbocycles. The summed E-state index contributed by atoms with van der Waals surface area (Å²) >= 11 is 0. The van der Waals surface area contributed by atoms with E-state index in [2.05, 4.69) is 19.1 Å². The lowest BCUT2D eigenvalue weighted by molar-refractivity contribution is -0.135. The van der Waals surface area contributed by atoms with Crippen molar-refractivity contribution in [1.29, 1.82) is 0 Å². The molecule has 2 aliphatic heterocycles. The van der Waals surface area contributed by atoms with Gasteiger partial charge in [0.1, 0.15) is 0 Å². The van der Waals surface area contributed by atoms with Crippen molar-refractivity contribution in [1.82, 2.24) is 4.90 Å². The van der Waals surface area contributed by atoms with Crippen LogP contribution in [-0.2, 0) is 14.6 Å². The van der Waals surface area contributed by atoms with Gasteiger partial charge >= 0.3 is 0 Å². The highest BCUT2D eigenvalue weighted by atomic mass is 32.2. The second-order valence-electron chi connectivity index (χ2n) is 6.64. The Labute approximate surface area is 132 Å². The van der Waals surface area contributed by atoms with Gasteiger partial charge in [-0.05, 0) is 31.7 Å². The molecule has 3 atom stereocenters. The Kier molecular flexibility index (Phi) is 4.26. The summed E-state index contributed by atoms with van der Waals surface area (Å²) in [5.41, 5.74) is 1.26. The Hall–Kier alpha value is -1.36. The SMILES string of the molecule is CC1CC(c2ccccc2)CN1C(=O)C1CCCS(=O)(=O)C1. The van der Waals surface area contributed by atoms with E-state index in [0.29, 0.717) is 25.3 Å². The summed E-state index contributed by atoms with van der Waals surface area (Å²) < 4.78 is 23.6. The molecule has 4 nitrogen and oxygen atoms in total. The molecule has 120 valence electrons. The van der Waals surface area contributed by atoms with Crippen LogP contribution >= 0.6 is 0 Å². The van der Waals surface area contributed by atoms with E-state index in [1.807, 2.05) is 23.1 Å². The van der Waals surface area contributed by atoms with E-state index in [0.717, 1.165) is 6.42 Å². The summed E-state index contributed by atoms with van der Waals surface area (Å²) in [6, 6.07) is 10.4. The van der Waals surface area contributed by atoms with E-state index in [-0.39, 0.29) is 29.4 Å². The molecule has 5 heteroatoms. The number of likely N-dealkylation sites (tertiary alicyclic amines) is 1. The molecule has 2 fully saturated rings. The van der Waals surface area contributed by atoms with Gasteiger partial charge in [0.15, 0.2) is 9.84 Å². The van der Waals surface area contributed by atoms with Gasteiger partial charge in [-0.25, -0.2) is 8.42 Å². The minimum Gasteiger partial charge on any atom is -0.339 e. The first kappa shape index (κ1) is 15.5. The zero-order chi connectivity index (χ0) is 15.7. The molecule has 0 N–H and O–H groups in total. The quantitative estimate of drug-likeness (QED) is 0.839. The highest BCUT2D eigenvalue weighted by molar-refractivity contribution is 7.91. The fraction of sp³-hybridized carbons (Fsp3) is 0.588. The maximum atomic E-state index is 12.7. The van der Waals surface area contributed by atoms with Gasteiger partial charge in [-0.3, -0.25) is 4.79 Å². The fourth-order valence-corrected chi connectivity index (χ4v) is 5.45. The van der Waals surface area contributed by atoms with E-state index in [1.165, 1.54) is 5.56 Å². The van der Waals surface area contributed by atoms with Crippen molar-refractivity contribution in [2.75, 3.05) is 18.1 Å². The van der Waals surface area contributed by atoms with Crippen molar-refractivity contribution < 1.29 is 13.2 Å². The molecule has 2 saturated heterocycles. The lowest BCUT2D eigenvalue weighted by atomic mass is 9.97. The molecule has 3 unspecified atom stereocenters. The third-order valence-electron chi connectivity index (χ3n) is 4.94. The van der Waals surface area contributed by atoms with Crippen LogP contribution in [-0.4, -0.2) is 43.3 Å². The summed E-state index contributed by atoms with van der Waals surface area (Å²) in [5.74, 6) is 0.328. The van der Waals surface area contributed by atoms with Crippen molar-refractivity contribution in [2.24, 2.45) is 5.92 Å². The molecule has 2 aliphatic rings. The predicted octanol–water partition coefficient (Wildman–Crippen LogP) is 2.22. The van der Waals surface area contributed by atoms with E-state index >= 15 is 0 Å². The Morgan fingerprint density at radius 1 is 1.23 bits per heavy atom. The van der Waals surface area contributed by atoms with Gasteiger partial charge in [0.25, 0.3) is 0 Å². The molecule has 3 rings (SSSR count). The van der Waals surface area contributed by atoms with E-state index in [9.17, 15) is 13.2 Å². The molecule has 0 radical (unpaired) electrons. The van der Waals surface area contributed by atoms with Gasteiger partial charge in [-0.1, -0.05) is 30.3 Å². The summed E-state index contributed by atoms with van der Waals surface area (Å²) in [7, 11) is -3.04. The van der Waals surface area contributed by atoms with Crippen LogP contribution in [0.15, 0.2) is 30.3 Å². The number of hydrogen-bond donors (Lipinski definition) is 0. The predicted molar refractivity (Wildman–Crippen MR) is 86.4 cm³/mol. The molecule has 22 heavy (non-hydrogen) atoms.